The normalized spacial score (nSPS) is 11.2. The summed E-state index contributed by atoms with van der Waals surface area (Å²) in [5, 5.41) is 5.33. The Morgan fingerprint density at radius 1 is 1.24 bits per heavy atom. The fourth-order valence-electron chi connectivity index (χ4n) is 2.57. The number of carbonyl (C=O) groups is 1. The van der Waals surface area contributed by atoms with E-state index in [1.54, 1.807) is 0 Å². The minimum atomic E-state index is -0.0153. The molecule has 2 aromatic heterocycles. The van der Waals surface area contributed by atoms with Gasteiger partial charge in [-0.2, -0.15) is 5.10 Å². The summed E-state index contributed by atoms with van der Waals surface area (Å²) in [7, 11) is 0. The second-order valence-corrected chi connectivity index (χ2v) is 5.34. The maximum atomic E-state index is 12.4. The van der Waals surface area contributed by atoms with Crippen LogP contribution in [-0.4, -0.2) is 15.6 Å². The zero-order chi connectivity index (χ0) is 15.0. The summed E-state index contributed by atoms with van der Waals surface area (Å²) in [6.45, 7) is 6.74. The van der Waals surface area contributed by atoms with E-state index >= 15 is 0 Å². The van der Waals surface area contributed by atoms with Crippen molar-refractivity contribution in [3.8, 4) is 0 Å². The van der Waals surface area contributed by atoms with Gasteiger partial charge in [-0.25, -0.2) is 0 Å². The van der Waals surface area contributed by atoms with Gasteiger partial charge in [-0.05, 0) is 45.0 Å². The van der Waals surface area contributed by atoms with E-state index in [1.165, 1.54) is 0 Å². The van der Waals surface area contributed by atoms with Gasteiger partial charge < -0.3 is 4.42 Å². The Hall–Kier alpha value is -2.36. The molecule has 0 aliphatic carbocycles. The van der Waals surface area contributed by atoms with Gasteiger partial charge in [0, 0.05) is 17.6 Å². The van der Waals surface area contributed by atoms with Crippen LogP contribution in [0.1, 0.15) is 34.4 Å². The smallest absolute Gasteiger partial charge is 0.203 e. The maximum Gasteiger partial charge on any atom is 0.203 e. The Morgan fingerprint density at radius 2 is 2.05 bits per heavy atom. The Morgan fingerprint density at radius 3 is 2.81 bits per heavy atom. The molecule has 0 saturated carbocycles. The average Bonchev–Trinajstić information content (AvgIpc) is 3.01. The molecular formula is C17H18N2O2. The first-order valence-corrected chi connectivity index (χ1v) is 7.13. The van der Waals surface area contributed by atoms with Crippen LogP contribution < -0.4 is 0 Å². The maximum absolute atomic E-state index is 12.4. The second-order valence-electron chi connectivity index (χ2n) is 5.34. The molecule has 2 heterocycles. The first-order chi connectivity index (χ1) is 10.1. The molecule has 1 aromatic carbocycles. The third-order valence-corrected chi connectivity index (χ3v) is 3.57. The van der Waals surface area contributed by atoms with Crippen LogP contribution in [0.25, 0.3) is 11.0 Å². The molecule has 0 unspecified atom stereocenters. The molecule has 0 aliphatic rings. The molecule has 0 bridgehead atoms. The number of carbonyl (C=O) groups excluding carboxylic acids is 1. The fraction of sp³-hybridized carbons (Fsp3) is 0.294. The van der Waals surface area contributed by atoms with E-state index < -0.39 is 0 Å². The number of hydrogen-bond acceptors (Lipinski definition) is 3. The Kier molecular flexibility index (Phi) is 3.37. The van der Waals surface area contributed by atoms with E-state index in [0.717, 1.165) is 34.5 Å². The zero-order valence-corrected chi connectivity index (χ0v) is 12.5. The number of aromatic nitrogens is 2. The highest BCUT2D eigenvalue weighted by Gasteiger charge is 2.16. The molecule has 4 heteroatoms. The molecule has 0 N–H and O–H groups in total. The number of fused-ring (bicyclic) bond motifs is 1. The fourth-order valence-corrected chi connectivity index (χ4v) is 2.57. The molecule has 0 spiro atoms. The Balaban J connectivity index is 1.89. The summed E-state index contributed by atoms with van der Waals surface area (Å²) in [5.74, 6) is 0.399. The monoisotopic (exact) mass is 282 g/mol. The number of furan rings is 1. The van der Waals surface area contributed by atoms with Gasteiger partial charge in [-0.3, -0.25) is 9.48 Å². The molecule has 3 aromatic rings. The van der Waals surface area contributed by atoms with Gasteiger partial charge in [0.1, 0.15) is 5.58 Å². The lowest BCUT2D eigenvalue weighted by molar-refractivity contribution is 0.0966. The van der Waals surface area contributed by atoms with Crippen LogP contribution in [0.2, 0.25) is 0 Å². The van der Waals surface area contributed by atoms with Crippen molar-refractivity contribution in [2.45, 2.75) is 33.7 Å². The van der Waals surface area contributed by atoms with Crippen LogP contribution in [0.5, 0.6) is 0 Å². The lowest BCUT2D eigenvalue weighted by Crippen LogP contribution is -2.09. The highest BCUT2D eigenvalue weighted by Crippen LogP contribution is 2.22. The lowest BCUT2D eigenvalue weighted by atomic mass is 10.1. The quantitative estimate of drug-likeness (QED) is 0.686. The standard InChI is InChI=1S/C17H18N2O2/c1-4-19-14(8-12(3)18-19)10-15(20)17-9-13-7-11(2)5-6-16(13)21-17/h5-9H,4,10H2,1-3H3. The molecular weight excluding hydrogens is 264 g/mol. The van der Waals surface area contributed by atoms with E-state index in [9.17, 15) is 4.79 Å². The van der Waals surface area contributed by atoms with Gasteiger partial charge >= 0.3 is 0 Å². The molecule has 0 atom stereocenters. The Bertz CT molecular complexity index is 811. The van der Waals surface area contributed by atoms with Crippen LogP contribution in [0.15, 0.2) is 34.7 Å². The summed E-state index contributed by atoms with van der Waals surface area (Å²) < 4.78 is 7.52. The van der Waals surface area contributed by atoms with Crippen molar-refractivity contribution in [3.05, 3.63) is 53.0 Å². The van der Waals surface area contributed by atoms with Crippen molar-refractivity contribution in [2.75, 3.05) is 0 Å². The predicted octanol–water partition coefficient (Wildman–Crippen LogP) is 3.69. The molecule has 0 aliphatic heterocycles. The summed E-state index contributed by atoms with van der Waals surface area (Å²) in [5.41, 5.74) is 3.77. The number of rotatable bonds is 4. The highest BCUT2D eigenvalue weighted by atomic mass is 16.3. The summed E-state index contributed by atoms with van der Waals surface area (Å²) >= 11 is 0. The first kappa shape index (κ1) is 13.6. The van der Waals surface area contributed by atoms with Crippen molar-refractivity contribution >= 4 is 16.8 Å². The third-order valence-electron chi connectivity index (χ3n) is 3.57. The van der Waals surface area contributed by atoms with Crippen LogP contribution in [0, 0.1) is 13.8 Å². The van der Waals surface area contributed by atoms with Crippen molar-refractivity contribution < 1.29 is 9.21 Å². The van der Waals surface area contributed by atoms with Gasteiger partial charge in [0.15, 0.2) is 5.76 Å². The van der Waals surface area contributed by atoms with Gasteiger partial charge in [-0.1, -0.05) is 11.6 Å². The molecule has 0 saturated heterocycles. The van der Waals surface area contributed by atoms with Gasteiger partial charge in [0.25, 0.3) is 0 Å². The van der Waals surface area contributed by atoms with Gasteiger partial charge in [0.05, 0.1) is 12.1 Å². The van der Waals surface area contributed by atoms with E-state index in [4.69, 9.17) is 4.42 Å². The molecule has 3 rings (SSSR count). The van der Waals surface area contributed by atoms with E-state index in [-0.39, 0.29) is 5.78 Å². The summed E-state index contributed by atoms with van der Waals surface area (Å²) in [4.78, 5) is 12.4. The number of hydrogen-bond donors (Lipinski definition) is 0. The lowest BCUT2D eigenvalue weighted by Gasteiger charge is -2.02. The predicted molar refractivity (Wildman–Crippen MR) is 81.6 cm³/mol. The largest absolute Gasteiger partial charge is 0.453 e. The zero-order valence-electron chi connectivity index (χ0n) is 12.5. The van der Waals surface area contributed by atoms with Gasteiger partial charge in [0.2, 0.25) is 5.78 Å². The number of ketones is 1. The van der Waals surface area contributed by atoms with Crippen LogP contribution in [0.3, 0.4) is 0 Å². The van der Waals surface area contributed by atoms with E-state index in [2.05, 4.69) is 5.10 Å². The molecule has 0 fully saturated rings. The molecule has 0 amide bonds. The number of nitrogens with zero attached hydrogens (tertiary/aromatic N) is 2. The second kappa shape index (κ2) is 5.20. The number of aryl methyl sites for hydroxylation is 3. The third kappa shape index (κ3) is 2.61. The van der Waals surface area contributed by atoms with Crippen molar-refractivity contribution in [2.24, 2.45) is 0 Å². The minimum Gasteiger partial charge on any atom is -0.453 e. The van der Waals surface area contributed by atoms with Crippen LogP contribution in [0.4, 0.5) is 0 Å². The topological polar surface area (TPSA) is 48.0 Å². The molecule has 4 nitrogen and oxygen atoms in total. The Labute approximate surface area is 123 Å². The van der Waals surface area contributed by atoms with Crippen LogP contribution in [-0.2, 0) is 13.0 Å². The van der Waals surface area contributed by atoms with Crippen molar-refractivity contribution in [3.63, 3.8) is 0 Å². The minimum absolute atomic E-state index is 0.0153. The highest BCUT2D eigenvalue weighted by molar-refractivity contribution is 5.98. The van der Waals surface area contributed by atoms with E-state index in [0.29, 0.717) is 12.2 Å². The van der Waals surface area contributed by atoms with Crippen molar-refractivity contribution in [1.29, 1.82) is 0 Å². The average molecular weight is 282 g/mol. The van der Waals surface area contributed by atoms with Gasteiger partial charge in [-0.15, -0.1) is 0 Å². The summed E-state index contributed by atoms with van der Waals surface area (Å²) in [6.07, 6.45) is 0.313. The molecule has 21 heavy (non-hydrogen) atoms. The van der Waals surface area contributed by atoms with Crippen LogP contribution >= 0.6 is 0 Å². The summed E-state index contributed by atoms with van der Waals surface area (Å²) in [6, 6.07) is 9.69. The molecule has 108 valence electrons. The SMILES string of the molecule is CCn1nc(C)cc1CC(=O)c1cc2cc(C)ccc2o1. The van der Waals surface area contributed by atoms with E-state index in [1.807, 2.05) is 55.8 Å². The van der Waals surface area contributed by atoms with Crippen molar-refractivity contribution in [1.82, 2.24) is 9.78 Å². The number of benzene rings is 1. The first-order valence-electron chi connectivity index (χ1n) is 7.13. The molecule has 0 radical (unpaired) electrons. The number of Topliss-reactive ketones (excluding diaryl/α,β-unsaturated/α-hetero) is 1.